The Kier molecular flexibility index (Phi) is 6.20. The van der Waals surface area contributed by atoms with Gasteiger partial charge in [-0.25, -0.2) is 17.5 Å². The van der Waals surface area contributed by atoms with E-state index in [0.29, 0.717) is 16.9 Å². The number of ether oxygens (including phenoxy) is 1. The first-order valence-electron chi connectivity index (χ1n) is 8.56. The number of nitrogens with one attached hydrogen (secondary N) is 1. The van der Waals surface area contributed by atoms with E-state index in [1.807, 2.05) is 4.72 Å². The second-order valence-electron chi connectivity index (χ2n) is 6.20. The molecule has 0 unspecified atom stereocenters. The SMILES string of the molecule is Cc1c(Cl)cccc1S(=O)(=O)NC(=O)c1ccc(OCc2ccccc2F)cc1. The standard InChI is InChI=1S/C21H17ClFNO4S/c1-14-18(22)6-4-8-20(14)29(26,27)24-21(25)15-9-11-17(12-10-15)28-13-16-5-2-3-7-19(16)23/h2-12H,13H2,1H3,(H,24,25). The lowest BCUT2D eigenvalue weighted by molar-refractivity contribution is 0.0981. The van der Waals surface area contributed by atoms with Crippen molar-refractivity contribution < 1.29 is 22.3 Å². The fourth-order valence-corrected chi connectivity index (χ4v) is 4.07. The Morgan fingerprint density at radius 1 is 1.03 bits per heavy atom. The van der Waals surface area contributed by atoms with Crippen LogP contribution in [0.25, 0.3) is 0 Å². The number of carbonyl (C=O) groups excluding carboxylic acids is 1. The lowest BCUT2D eigenvalue weighted by atomic mass is 10.2. The Morgan fingerprint density at radius 3 is 2.41 bits per heavy atom. The first-order valence-corrected chi connectivity index (χ1v) is 10.4. The summed E-state index contributed by atoms with van der Waals surface area (Å²) >= 11 is 5.96. The molecular weight excluding hydrogens is 417 g/mol. The van der Waals surface area contributed by atoms with Crippen LogP contribution in [0, 0.1) is 12.7 Å². The Bertz CT molecular complexity index is 1150. The van der Waals surface area contributed by atoms with Crippen LogP contribution in [0.4, 0.5) is 4.39 Å². The van der Waals surface area contributed by atoms with Crippen molar-refractivity contribution in [2.24, 2.45) is 0 Å². The third-order valence-electron chi connectivity index (χ3n) is 4.20. The van der Waals surface area contributed by atoms with Crippen LogP contribution in [0.2, 0.25) is 5.02 Å². The molecule has 1 N–H and O–H groups in total. The topological polar surface area (TPSA) is 72.5 Å². The van der Waals surface area contributed by atoms with E-state index in [1.54, 1.807) is 31.2 Å². The van der Waals surface area contributed by atoms with Crippen molar-refractivity contribution in [2.45, 2.75) is 18.4 Å². The molecule has 3 aromatic rings. The van der Waals surface area contributed by atoms with Gasteiger partial charge in [0.25, 0.3) is 15.9 Å². The maximum Gasteiger partial charge on any atom is 0.265 e. The lowest BCUT2D eigenvalue weighted by Gasteiger charge is -2.11. The molecule has 0 aliphatic rings. The summed E-state index contributed by atoms with van der Waals surface area (Å²) in [5.74, 6) is -0.742. The minimum atomic E-state index is -4.08. The van der Waals surface area contributed by atoms with Crippen LogP contribution in [-0.2, 0) is 16.6 Å². The second kappa shape index (κ2) is 8.63. The van der Waals surface area contributed by atoms with Gasteiger partial charge >= 0.3 is 0 Å². The molecule has 0 aliphatic carbocycles. The van der Waals surface area contributed by atoms with Crippen LogP contribution < -0.4 is 9.46 Å². The van der Waals surface area contributed by atoms with E-state index in [4.69, 9.17) is 16.3 Å². The molecule has 8 heteroatoms. The first-order chi connectivity index (χ1) is 13.8. The number of benzene rings is 3. The predicted octanol–water partition coefficient (Wildman–Crippen LogP) is 4.49. The third kappa shape index (κ3) is 4.93. The highest BCUT2D eigenvalue weighted by Gasteiger charge is 2.21. The van der Waals surface area contributed by atoms with Gasteiger partial charge < -0.3 is 4.74 Å². The summed E-state index contributed by atoms with van der Waals surface area (Å²) < 4.78 is 46.1. The maximum absolute atomic E-state index is 13.6. The van der Waals surface area contributed by atoms with Crippen LogP contribution in [0.15, 0.2) is 71.6 Å². The van der Waals surface area contributed by atoms with Gasteiger partial charge in [0.15, 0.2) is 0 Å². The molecule has 0 saturated heterocycles. The van der Waals surface area contributed by atoms with Crippen LogP contribution in [-0.4, -0.2) is 14.3 Å². The van der Waals surface area contributed by atoms with E-state index in [0.717, 1.165) is 0 Å². The zero-order chi connectivity index (χ0) is 21.0. The molecule has 3 rings (SSSR count). The minimum Gasteiger partial charge on any atom is -0.489 e. The van der Waals surface area contributed by atoms with Gasteiger partial charge in [-0.2, -0.15) is 0 Å². The fraction of sp³-hybridized carbons (Fsp3) is 0.0952. The molecule has 5 nitrogen and oxygen atoms in total. The van der Waals surface area contributed by atoms with Crippen LogP contribution in [0.3, 0.4) is 0 Å². The zero-order valence-electron chi connectivity index (χ0n) is 15.4. The number of hydrogen-bond donors (Lipinski definition) is 1. The van der Waals surface area contributed by atoms with Gasteiger partial charge in [0.05, 0.1) is 4.90 Å². The van der Waals surface area contributed by atoms with Crippen molar-refractivity contribution in [2.75, 3.05) is 0 Å². The quantitative estimate of drug-likeness (QED) is 0.621. The molecule has 150 valence electrons. The van der Waals surface area contributed by atoms with Crippen LogP contribution >= 0.6 is 11.6 Å². The van der Waals surface area contributed by atoms with E-state index < -0.39 is 15.9 Å². The monoisotopic (exact) mass is 433 g/mol. The maximum atomic E-state index is 13.6. The summed E-state index contributed by atoms with van der Waals surface area (Å²) in [6.07, 6.45) is 0. The molecule has 0 heterocycles. The third-order valence-corrected chi connectivity index (χ3v) is 6.09. The van der Waals surface area contributed by atoms with Gasteiger partial charge in [0, 0.05) is 16.1 Å². The van der Waals surface area contributed by atoms with Gasteiger partial charge in [0.2, 0.25) is 0 Å². The number of carbonyl (C=O) groups is 1. The first kappa shape index (κ1) is 20.8. The summed E-state index contributed by atoms with van der Waals surface area (Å²) in [5, 5.41) is 0.289. The summed E-state index contributed by atoms with van der Waals surface area (Å²) in [4.78, 5) is 12.3. The van der Waals surface area contributed by atoms with Gasteiger partial charge in [-0.1, -0.05) is 35.9 Å². The fourth-order valence-electron chi connectivity index (χ4n) is 2.59. The molecule has 0 saturated carbocycles. The molecule has 0 atom stereocenters. The molecule has 0 radical (unpaired) electrons. The highest BCUT2D eigenvalue weighted by atomic mass is 35.5. The number of sulfonamides is 1. The van der Waals surface area contributed by atoms with Crippen LogP contribution in [0.5, 0.6) is 5.75 Å². The van der Waals surface area contributed by atoms with Gasteiger partial charge in [-0.05, 0) is 55.0 Å². The summed E-state index contributed by atoms with van der Waals surface area (Å²) in [6.45, 7) is 1.59. The molecular formula is C21H17ClFNO4S. The Labute approximate surface area is 173 Å². The minimum absolute atomic E-state index is 0.0284. The van der Waals surface area contributed by atoms with Crippen molar-refractivity contribution in [1.82, 2.24) is 4.72 Å². The van der Waals surface area contributed by atoms with Gasteiger partial charge in [-0.3, -0.25) is 4.79 Å². The number of amides is 1. The van der Waals surface area contributed by atoms with Crippen molar-refractivity contribution in [3.05, 3.63) is 94.3 Å². The van der Waals surface area contributed by atoms with Crippen LogP contribution in [0.1, 0.15) is 21.5 Å². The average molecular weight is 434 g/mol. The van der Waals surface area contributed by atoms with E-state index >= 15 is 0 Å². The van der Waals surface area contributed by atoms with E-state index in [9.17, 15) is 17.6 Å². The molecule has 0 aliphatic heterocycles. The highest BCUT2D eigenvalue weighted by molar-refractivity contribution is 7.90. The Morgan fingerprint density at radius 2 is 1.72 bits per heavy atom. The Balaban J connectivity index is 1.69. The van der Waals surface area contributed by atoms with Gasteiger partial charge in [-0.15, -0.1) is 0 Å². The van der Waals surface area contributed by atoms with Crippen molar-refractivity contribution in [1.29, 1.82) is 0 Å². The second-order valence-corrected chi connectivity index (χ2v) is 8.26. The van der Waals surface area contributed by atoms with Crippen molar-refractivity contribution in [3.8, 4) is 5.75 Å². The molecule has 0 bridgehead atoms. The molecule has 29 heavy (non-hydrogen) atoms. The predicted molar refractivity (Wildman–Crippen MR) is 108 cm³/mol. The number of halogens is 2. The number of hydrogen-bond acceptors (Lipinski definition) is 4. The van der Waals surface area contributed by atoms with Crippen molar-refractivity contribution >= 4 is 27.5 Å². The van der Waals surface area contributed by atoms with Gasteiger partial charge in [0.1, 0.15) is 18.2 Å². The highest BCUT2D eigenvalue weighted by Crippen LogP contribution is 2.23. The Hall–Kier alpha value is -2.90. The number of rotatable bonds is 6. The molecule has 0 fully saturated rings. The molecule has 3 aromatic carbocycles. The molecule has 1 amide bonds. The van der Waals surface area contributed by atoms with E-state index in [-0.39, 0.29) is 27.9 Å². The average Bonchev–Trinajstić information content (AvgIpc) is 2.69. The normalized spacial score (nSPS) is 11.1. The largest absolute Gasteiger partial charge is 0.489 e. The smallest absolute Gasteiger partial charge is 0.265 e. The summed E-state index contributed by atoms with van der Waals surface area (Å²) in [7, 11) is -4.08. The summed E-state index contributed by atoms with van der Waals surface area (Å²) in [6, 6.07) is 16.5. The van der Waals surface area contributed by atoms with E-state index in [1.165, 1.54) is 42.5 Å². The molecule has 0 spiro atoms. The lowest BCUT2D eigenvalue weighted by Crippen LogP contribution is -2.31. The van der Waals surface area contributed by atoms with E-state index in [2.05, 4.69) is 0 Å². The van der Waals surface area contributed by atoms with Crippen molar-refractivity contribution in [3.63, 3.8) is 0 Å². The summed E-state index contributed by atoms with van der Waals surface area (Å²) in [5.41, 5.74) is 0.884. The molecule has 0 aromatic heterocycles. The zero-order valence-corrected chi connectivity index (χ0v) is 16.9.